The second-order valence-electron chi connectivity index (χ2n) is 7.89. The first-order valence-corrected chi connectivity index (χ1v) is 11.8. The topological polar surface area (TPSA) is 104 Å². The van der Waals surface area contributed by atoms with Gasteiger partial charge in [0.1, 0.15) is 5.82 Å². The van der Waals surface area contributed by atoms with Crippen LogP contribution in [-0.2, 0) is 14.8 Å². The van der Waals surface area contributed by atoms with Gasteiger partial charge in [-0.2, -0.15) is 0 Å². The van der Waals surface area contributed by atoms with Crippen LogP contribution in [0.15, 0.2) is 71.6 Å². The summed E-state index contributed by atoms with van der Waals surface area (Å²) in [5.41, 5.74) is 1.93. The third-order valence-corrected chi connectivity index (χ3v) is 6.55. The van der Waals surface area contributed by atoms with Crippen molar-refractivity contribution in [2.24, 2.45) is 5.92 Å². The van der Waals surface area contributed by atoms with Gasteiger partial charge in [-0.15, -0.1) is 0 Å². The Bertz CT molecular complexity index is 1320. The second kappa shape index (κ2) is 9.03. The van der Waals surface area contributed by atoms with E-state index in [1.165, 1.54) is 43.3 Å². The molecule has 0 spiro atoms. The van der Waals surface area contributed by atoms with Crippen molar-refractivity contribution < 1.29 is 22.4 Å². The first-order chi connectivity index (χ1) is 15.7. The van der Waals surface area contributed by atoms with Gasteiger partial charge in [-0.1, -0.05) is 6.07 Å². The SMILES string of the molecule is Cc1cc(S(=O)(=O)Nc2ccc(C(=O)Nc3cccc(NC(=O)C4CC4)c3)cc2)ccc1F. The highest BCUT2D eigenvalue weighted by atomic mass is 32.2. The lowest BCUT2D eigenvalue weighted by atomic mass is 10.2. The zero-order chi connectivity index (χ0) is 23.6. The minimum atomic E-state index is -3.90. The molecule has 0 radical (unpaired) electrons. The minimum Gasteiger partial charge on any atom is -0.326 e. The van der Waals surface area contributed by atoms with Crippen LogP contribution in [0.1, 0.15) is 28.8 Å². The Morgan fingerprint density at radius 3 is 2.18 bits per heavy atom. The number of hydrogen-bond acceptors (Lipinski definition) is 4. The van der Waals surface area contributed by atoms with E-state index in [4.69, 9.17) is 0 Å². The highest BCUT2D eigenvalue weighted by molar-refractivity contribution is 7.92. The molecule has 1 aliphatic carbocycles. The van der Waals surface area contributed by atoms with E-state index in [0.29, 0.717) is 16.9 Å². The van der Waals surface area contributed by atoms with Gasteiger partial charge in [0.15, 0.2) is 0 Å². The minimum absolute atomic E-state index is 0.0210. The van der Waals surface area contributed by atoms with Crippen LogP contribution in [-0.4, -0.2) is 20.2 Å². The summed E-state index contributed by atoms with van der Waals surface area (Å²) < 4.78 is 40.9. The molecule has 0 atom stereocenters. The Kier molecular flexibility index (Phi) is 6.15. The van der Waals surface area contributed by atoms with Crippen molar-refractivity contribution in [1.29, 1.82) is 0 Å². The Hall–Kier alpha value is -3.72. The molecule has 7 nitrogen and oxygen atoms in total. The van der Waals surface area contributed by atoms with Crippen LogP contribution in [0.2, 0.25) is 0 Å². The first kappa shape index (κ1) is 22.5. The molecule has 0 aromatic heterocycles. The number of halogens is 1. The molecule has 1 saturated carbocycles. The van der Waals surface area contributed by atoms with Gasteiger partial charge in [-0.3, -0.25) is 14.3 Å². The number of benzene rings is 3. The monoisotopic (exact) mass is 467 g/mol. The predicted molar refractivity (Wildman–Crippen MR) is 124 cm³/mol. The van der Waals surface area contributed by atoms with Gasteiger partial charge in [0.25, 0.3) is 15.9 Å². The predicted octanol–water partition coefficient (Wildman–Crippen LogP) is 4.54. The third kappa shape index (κ3) is 5.56. The number of rotatable bonds is 7. The first-order valence-electron chi connectivity index (χ1n) is 10.3. The molecule has 0 heterocycles. The largest absolute Gasteiger partial charge is 0.326 e. The van der Waals surface area contributed by atoms with Crippen LogP contribution in [0.25, 0.3) is 0 Å². The van der Waals surface area contributed by atoms with Crippen molar-refractivity contribution >= 4 is 38.9 Å². The van der Waals surface area contributed by atoms with Gasteiger partial charge >= 0.3 is 0 Å². The Morgan fingerprint density at radius 1 is 0.879 bits per heavy atom. The van der Waals surface area contributed by atoms with Crippen molar-refractivity contribution in [3.8, 4) is 0 Å². The zero-order valence-electron chi connectivity index (χ0n) is 17.8. The summed E-state index contributed by atoms with van der Waals surface area (Å²) in [7, 11) is -3.90. The maximum Gasteiger partial charge on any atom is 0.261 e. The van der Waals surface area contributed by atoms with Gasteiger partial charge < -0.3 is 10.6 Å². The summed E-state index contributed by atoms with van der Waals surface area (Å²) in [5.74, 6) is -0.817. The molecule has 4 rings (SSSR count). The molecule has 3 aromatic carbocycles. The standard InChI is InChI=1S/C24H22FN3O4S/c1-15-13-21(11-12-22(15)25)33(31,32)28-18-9-7-17(8-10-18)24(30)27-20-4-2-3-19(14-20)26-23(29)16-5-6-16/h2-4,7-14,16,28H,5-6H2,1H3,(H,26,29)(H,27,30). The normalized spacial score (nSPS) is 13.3. The lowest BCUT2D eigenvalue weighted by Crippen LogP contribution is -2.15. The fourth-order valence-corrected chi connectivity index (χ4v) is 4.30. The summed E-state index contributed by atoms with van der Waals surface area (Å²) in [4.78, 5) is 24.4. The molecule has 3 N–H and O–H groups in total. The molecule has 2 amide bonds. The molecule has 1 aliphatic rings. The average Bonchev–Trinajstić information content (AvgIpc) is 3.62. The summed E-state index contributed by atoms with van der Waals surface area (Å²) in [6.07, 6.45) is 1.80. The number of hydrogen-bond donors (Lipinski definition) is 3. The number of aryl methyl sites for hydroxylation is 1. The van der Waals surface area contributed by atoms with Gasteiger partial charge in [0.2, 0.25) is 5.91 Å². The van der Waals surface area contributed by atoms with Crippen molar-refractivity contribution in [3.05, 3.63) is 83.7 Å². The van der Waals surface area contributed by atoms with Crippen molar-refractivity contribution in [3.63, 3.8) is 0 Å². The molecule has 0 unspecified atom stereocenters. The van der Waals surface area contributed by atoms with Crippen LogP contribution in [0.4, 0.5) is 21.5 Å². The van der Waals surface area contributed by atoms with E-state index < -0.39 is 15.8 Å². The molecule has 9 heteroatoms. The van der Waals surface area contributed by atoms with Gasteiger partial charge in [-0.05, 0) is 86.0 Å². The fraction of sp³-hybridized carbons (Fsp3) is 0.167. The van der Waals surface area contributed by atoms with Gasteiger partial charge in [-0.25, -0.2) is 12.8 Å². The van der Waals surface area contributed by atoms with Gasteiger partial charge in [0, 0.05) is 28.5 Å². The van der Waals surface area contributed by atoms with Crippen LogP contribution in [0.5, 0.6) is 0 Å². The third-order valence-electron chi connectivity index (χ3n) is 5.18. The maximum atomic E-state index is 13.4. The van der Waals surface area contributed by atoms with Crippen molar-refractivity contribution in [1.82, 2.24) is 0 Å². The summed E-state index contributed by atoms with van der Waals surface area (Å²) >= 11 is 0. The van der Waals surface area contributed by atoms with Gasteiger partial charge in [0.05, 0.1) is 4.90 Å². The summed E-state index contributed by atoms with van der Waals surface area (Å²) in [6, 6.07) is 16.3. The summed E-state index contributed by atoms with van der Waals surface area (Å²) in [6.45, 7) is 1.48. The Morgan fingerprint density at radius 2 is 1.55 bits per heavy atom. The van der Waals surface area contributed by atoms with E-state index >= 15 is 0 Å². The molecule has 0 saturated heterocycles. The lowest BCUT2D eigenvalue weighted by molar-refractivity contribution is -0.117. The van der Waals surface area contributed by atoms with E-state index in [9.17, 15) is 22.4 Å². The van der Waals surface area contributed by atoms with Crippen molar-refractivity contribution in [2.45, 2.75) is 24.7 Å². The van der Waals surface area contributed by atoms with E-state index in [1.54, 1.807) is 24.3 Å². The van der Waals surface area contributed by atoms with E-state index in [1.807, 2.05) is 0 Å². The van der Waals surface area contributed by atoms with Crippen molar-refractivity contribution in [2.75, 3.05) is 15.4 Å². The molecule has 0 aliphatic heterocycles. The summed E-state index contributed by atoms with van der Waals surface area (Å²) in [5, 5.41) is 5.59. The fourth-order valence-electron chi connectivity index (χ4n) is 3.16. The zero-order valence-corrected chi connectivity index (χ0v) is 18.6. The van der Waals surface area contributed by atoms with Crippen LogP contribution < -0.4 is 15.4 Å². The highest BCUT2D eigenvalue weighted by Gasteiger charge is 2.29. The van der Waals surface area contributed by atoms with E-state index in [2.05, 4.69) is 15.4 Å². The van der Waals surface area contributed by atoms with E-state index in [0.717, 1.165) is 18.9 Å². The average molecular weight is 468 g/mol. The Balaban J connectivity index is 1.41. The van der Waals surface area contributed by atoms with Crippen LogP contribution in [0, 0.1) is 18.7 Å². The highest BCUT2D eigenvalue weighted by Crippen LogP contribution is 2.30. The Labute approximate surface area is 191 Å². The second-order valence-corrected chi connectivity index (χ2v) is 9.57. The number of sulfonamides is 1. The molecule has 33 heavy (non-hydrogen) atoms. The smallest absolute Gasteiger partial charge is 0.261 e. The molecular formula is C24H22FN3O4S. The number of carbonyl (C=O) groups is 2. The van der Waals surface area contributed by atoms with Crippen LogP contribution >= 0.6 is 0 Å². The molecule has 0 bridgehead atoms. The quantitative estimate of drug-likeness (QED) is 0.475. The molecule has 1 fully saturated rings. The number of nitrogens with one attached hydrogen (secondary N) is 3. The van der Waals surface area contributed by atoms with Crippen LogP contribution in [0.3, 0.4) is 0 Å². The molecule has 170 valence electrons. The lowest BCUT2D eigenvalue weighted by Gasteiger charge is -2.11. The number of anilines is 3. The molecule has 3 aromatic rings. The van der Waals surface area contributed by atoms with E-state index in [-0.39, 0.29) is 33.9 Å². The number of carbonyl (C=O) groups excluding carboxylic acids is 2. The number of amides is 2. The molecular weight excluding hydrogens is 445 g/mol. The maximum absolute atomic E-state index is 13.4.